The number of aromatic nitrogens is 2. The Kier molecular flexibility index (Phi) is 6.12. The first kappa shape index (κ1) is 18.4. The van der Waals surface area contributed by atoms with Gasteiger partial charge in [0, 0.05) is 25.4 Å². The Morgan fingerprint density at radius 3 is 2.88 bits per heavy atom. The van der Waals surface area contributed by atoms with Crippen LogP contribution in [0.15, 0.2) is 6.07 Å². The Morgan fingerprint density at radius 1 is 1.36 bits per heavy atom. The molecular weight excluding hydrogens is 318 g/mol. The molecule has 2 aliphatic heterocycles. The van der Waals surface area contributed by atoms with Gasteiger partial charge in [0.2, 0.25) is 0 Å². The van der Waals surface area contributed by atoms with Gasteiger partial charge in [-0.05, 0) is 58.9 Å². The van der Waals surface area contributed by atoms with Gasteiger partial charge in [0.05, 0.1) is 24.4 Å². The zero-order valence-electron chi connectivity index (χ0n) is 15.7. The zero-order valence-corrected chi connectivity index (χ0v) is 15.7. The molecule has 0 radical (unpaired) electrons. The summed E-state index contributed by atoms with van der Waals surface area (Å²) < 4.78 is 13.6. The van der Waals surface area contributed by atoms with E-state index < -0.39 is 6.10 Å². The van der Waals surface area contributed by atoms with Crippen molar-refractivity contribution in [1.29, 1.82) is 0 Å². The summed E-state index contributed by atoms with van der Waals surface area (Å²) in [5, 5.41) is 4.60. The van der Waals surface area contributed by atoms with Gasteiger partial charge in [-0.3, -0.25) is 9.48 Å². The number of amides is 1. The number of ether oxygens (including phenoxy) is 2. The molecule has 1 aromatic rings. The number of hydrogen-bond donors (Lipinski definition) is 0. The van der Waals surface area contributed by atoms with Crippen molar-refractivity contribution in [2.24, 2.45) is 0 Å². The fourth-order valence-electron chi connectivity index (χ4n) is 3.89. The second-order valence-electron chi connectivity index (χ2n) is 7.42. The fourth-order valence-corrected chi connectivity index (χ4v) is 3.89. The number of nitrogens with zero attached hydrogens (tertiary/aromatic N) is 3. The smallest absolute Gasteiger partial charge is 0.251 e. The van der Waals surface area contributed by atoms with Gasteiger partial charge in [0.25, 0.3) is 5.91 Å². The standard InChI is InChI=1S/C19H31N3O3/c1-14-11-15(2)22(20-14)17-7-6-9-21(12-17)19(23)16(3)25-13-18-8-4-5-10-24-18/h11,16-18H,4-10,12-13H2,1-3H3/t16-,17-,18+/m1/s1. The minimum absolute atomic E-state index is 0.0852. The maximum absolute atomic E-state index is 12.8. The second kappa shape index (κ2) is 8.32. The first-order valence-corrected chi connectivity index (χ1v) is 9.59. The van der Waals surface area contributed by atoms with Crippen LogP contribution in [0.2, 0.25) is 0 Å². The van der Waals surface area contributed by atoms with E-state index in [9.17, 15) is 4.79 Å². The molecule has 3 rings (SSSR count). The predicted molar refractivity (Wildman–Crippen MR) is 95.6 cm³/mol. The number of piperidine rings is 1. The molecule has 2 fully saturated rings. The molecule has 1 aromatic heterocycles. The molecule has 0 unspecified atom stereocenters. The van der Waals surface area contributed by atoms with E-state index in [1.807, 2.05) is 18.7 Å². The molecule has 6 nitrogen and oxygen atoms in total. The number of carbonyl (C=O) groups excluding carboxylic acids is 1. The van der Waals surface area contributed by atoms with Crippen molar-refractivity contribution < 1.29 is 14.3 Å². The molecule has 0 bridgehead atoms. The highest BCUT2D eigenvalue weighted by molar-refractivity contribution is 5.80. The summed E-state index contributed by atoms with van der Waals surface area (Å²) in [6, 6.07) is 2.36. The third kappa shape index (κ3) is 4.61. The molecule has 0 aromatic carbocycles. The molecule has 0 spiro atoms. The highest BCUT2D eigenvalue weighted by Crippen LogP contribution is 2.24. The molecule has 2 saturated heterocycles. The van der Waals surface area contributed by atoms with Crippen LogP contribution in [-0.4, -0.2) is 59.1 Å². The number of aryl methyl sites for hydroxylation is 2. The number of rotatable bonds is 5. The highest BCUT2D eigenvalue weighted by Gasteiger charge is 2.29. The summed E-state index contributed by atoms with van der Waals surface area (Å²) in [5.74, 6) is 0.0852. The summed E-state index contributed by atoms with van der Waals surface area (Å²) in [6.07, 6.45) is 5.16. The molecule has 1 amide bonds. The van der Waals surface area contributed by atoms with Crippen LogP contribution in [0.4, 0.5) is 0 Å². The molecule has 25 heavy (non-hydrogen) atoms. The molecule has 3 atom stereocenters. The monoisotopic (exact) mass is 349 g/mol. The Labute approximate surface area is 150 Å². The van der Waals surface area contributed by atoms with Crippen LogP contribution in [0.25, 0.3) is 0 Å². The van der Waals surface area contributed by atoms with Crippen LogP contribution in [0.1, 0.15) is 56.5 Å². The average Bonchev–Trinajstić information content (AvgIpc) is 2.98. The molecule has 3 heterocycles. The molecule has 2 aliphatic rings. The van der Waals surface area contributed by atoms with E-state index in [1.54, 1.807) is 0 Å². The van der Waals surface area contributed by atoms with Crippen molar-refractivity contribution >= 4 is 5.91 Å². The van der Waals surface area contributed by atoms with Crippen molar-refractivity contribution in [3.05, 3.63) is 17.5 Å². The fraction of sp³-hybridized carbons (Fsp3) is 0.789. The van der Waals surface area contributed by atoms with E-state index in [4.69, 9.17) is 9.47 Å². The van der Waals surface area contributed by atoms with E-state index >= 15 is 0 Å². The third-order valence-electron chi connectivity index (χ3n) is 5.25. The SMILES string of the molecule is Cc1cc(C)n([C@@H]2CCCN(C(=O)[C@@H](C)OC[C@@H]3CCCCO3)C2)n1. The molecule has 0 saturated carbocycles. The maximum atomic E-state index is 12.8. The van der Waals surface area contributed by atoms with Crippen LogP contribution >= 0.6 is 0 Å². The summed E-state index contributed by atoms with van der Waals surface area (Å²) in [5.41, 5.74) is 2.20. The first-order chi connectivity index (χ1) is 12.0. The van der Waals surface area contributed by atoms with Gasteiger partial charge in [-0.15, -0.1) is 0 Å². The zero-order chi connectivity index (χ0) is 17.8. The Hall–Kier alpha value is -1.40. The Bertz CT molecular complexity index is 580. The minimum Gasteiger partial charge on any atom is -0.376 e. The van der Waals surface area contributed by atoms with Gasteiger partial charge in [0.15, 0.2) is 0 Å². The van der Waals surface area contributed by atoms with Crippen LogP contribution in [0, 0.1) is 13.8 Å². The van der Waals surface area contributed by atoms with Gasteiger partial charge in [-0.2, -0.15) is 5.10 Å². The van der Waals surface area contributed by atoms with Gasteiger partial charge in [-0.1, -0.05) is 0 Å². The van der Waals surface area contributed by atoms with E-state index in [1.165, 1.54) is 6.42 Å². The number of carbonyl (C=O) groups is 1. The van der Waals surface area contributed by atoms with E-state index in [0.29, 0.717) is 13.2 Å². The molecule has 140 valence electrons. The summed E-state index contributed by atoms with van der Waals surface area (Å²) in [4.78, 5) is 14.7. The van der Waals surface area contributed by atoms with Gasteiger partial charge < -0.3 is 14.4 Å². The highest BCUT2D eigenvalue weighted by atomic mass is 16.5. The molecular formula is C19H31N3O3. The largest absolute Gasteiger partial charge is 0.376 e. The van der Waals surface area contributed by atoms with Crippen LogP contribution in [0.3, 0.4) is 0 Å². The molecule has 0 N–H and O–H groups in total. The maximum Gasteiger partial charge on any atom is 0.251 e. The van der Waals surface area contributed by atoms with E-state index in [2.05, 4.69) is 22.8 Å². The quantitative estimate of drug-likeness (QED) is 0.820. The third-order valence-corrected chi connectivity index (χ3v) is 5.25. The van der Waals surface area contributed by atoms with E-state index in [0.717, 1.165) is 50.2 Å². The molecule has 0 aliphatic carbocycles. The lowest BCUT2D eigenvalue weighted by Crippen LogP contribution is -2.46. The average molecular weight is 349 g/mol. The van der Waals surface area contributed by atoms with Gasteiger partial charge >= 0.3 is 0 Å². The van der Waals surface area contributed by atoms with Crippen molar-refractivity contribution in [2.75, 3.05) is 26.3 Å². The summed E-state index contributed by atoms with van der Waals surface area (Å²) in [7, 11) is 0. The minimum atomic E-state index is -0.412. The Morgan fingerprint density at radius 2 is 2.20 bits per heavy atom. The van der Waals surface area contributed by atoms with Crippen LogP contribution in [-0.2, 0) is 14.3 Å². The Balaban J connectivity index is 1.53. The molecule has 6 heteroatoms. The normalized spacial score (nSPS) is 25.8. The van der Waals surface area contributed by atoms with Crippen molar-refractivity contribution in [3.63, 3.8) is 0 Å². The number of likely N-dealkylation sites (tertiary alicyclic amines) is 1. The van der Waals surface area contributed by atoms with Crippen molar-refractivity contribution in [1.82, 2.24) is 14.7 Å². The van der Waals surface area contributed by atoms with Crippen LogP contribution in [0.5, 0.6) is 0 Å². The second-order valence-corrected chi connectivity index (χ2v) is 7.42. The summed E-state index contributed by atoms with van der Waals surface area (Å²) >= 11 is 0. The van der Waals surface area contributed by atoms with Crippen LogP contribution < -0.4 is 0 Å². The van der Waals surface area contributed by atoms with E-state index in [-0.39, 0.29) is 18.1 Å². The first-order valence-electron chi connectivity index (χ1n) is 9.59. The topological polar surface area (TPSA) is 56.6 Å². The lowest BCUT2D eigenvalue weighted by atomic mass is 10.0. The lowest BCUT2D eigenvalue weighted by Gasteiger charge is -2.35. The summed E-state index contributed by atoms with van der Waals surface area (Å²) in [6.45, 7) is 8.80. The predicted octanol–water partition coefficient (Wildman–Crippen LogP) is 2.64. The number of hydrogen-bond acceptors (Lipinski definition) is 4. The van der Waals surface area contributed by atoms with Crippen molar-refractivity contribution in [2.45, 2.75) is 71.1 Å². The lowest BCUT2D eigenvalue weighted by molar-refractivity contribution is -0.147. The van der Waals surface area contributed by atoms with Crippen molar-refractivity contribution in [3.8, 4) is 0 Å². The van der Waals surface area contributed by atoms with Gasteiger partial charge in [0.1, 0.15) is 6.10 Å². The van der Waals surface area contributed by atoms with Gasteiger partial charge in [-0.25, -0.2) is 0 Å².